The molecule has 9 heteroatoms. The molecule has 0 saturated carbocycles. The number of hydrogen-bond acceptors (Lipinski definition) is 7. The van der Waals surface area contributed by atoms with Crippen molar-refractivity contribution in [1.29, 1.82) is 0 Å². The van der Waals surface area contributed by atoms with Gasteiger partial charge in [-0.1, -0.05) is 30.0 Å². The number of nitrogens with zero attached hydrogens (tertiary/aromatic N) is 2. The first-order valence-electron chi connectivity index (χ1n) is 7.51. The fraction of sp³-hybridized carbons (Fsp3) is 0.400. The molecule has 0 spiro atoms. The van der Waals surface area contributed by atoms with Gasteiger partial charge in [0.15, 0.2) is 9.84 Å². The van der Waals surface area contributed by atoms with E-state index in [4.69, 9.17) is 4.42 Å². The molecule has 2 heterocycles. The van der Waals surface area contributed by atoms with E-state index >= 15 is 0 Å². The highest BCUT2D eigenvalue weighted by atomic mass is 32.2. The molecule has 0 radical (unpaired) electrons. The quantitative estimate of drug-likeness (QED) is 0.776. The minimum atomic E-state index is -2.91. The van der Waals surface area contributed by atoms with Crippen molar-refractivity contribution in [2.45, 2.75) is 18.1 Å². The SMILES string of the molecule is O=C(CSc1nnc(C[C@H]2CCS(=O)(=O)C2)o1)Nc1ccccc1. The highest BCUT2D eigenvalue weighted by Crippen LogP contribution is 2.24. The van der Waals surface area contributed by atoms with Gasteiger partial charge in [-0.15, -0.1) is 10.2 Å². The summed E-state index contributed by atoms with van der Waals surface area (Å²) < 4.78 is 28.4. The number of sulfone groups is 1. The van der Waals surface area contributed by atoms with Gasteiger partial charge in [0.2, 0.25) is 11.8 Å². The molecule has 0 aliphatic carbocycles. The third-order valence-corrected chi connectivity index (χ3v) is 6.28. The summed E-state index contributed by atoms with van der Waals surface area (Å²) in [5, 5.41) is 10.9. The molecule has 0 unspecified atom stereocenters. The summed E-state index contributed by atoms with van der Waals surface area (Å²) in [4.78, 5) is 11.9. The Morgan fingerprint density at radius 2 is 2.08 bits per heavy atom. The molecule has 1 aromatic heterocycles. The van der Waals surface area contributed by atoms with Gasteiger partial charge in [0.05, 0.1) is 17.3 Å². The van der Waals surface area contributed by atoms with E-state index in [9.17, 15) is 13.2 Å². The Balaban J connectivity index is 1.47. The van der Waals surface area contributed by atoms with Crippen LogP contribution in [0.2, 0.25) is 0 Å². The molecule has 1 saturated heterocycles. The molecule has 1 N–H and O–H groups in total. The van der Waals surface area contributed by atoms with Crippen molar-refractivity contribution < 1.29 is 17.6 Å². The van der Waals surface area contributed by atoms with Crippen molar-refractivity contribution in [3.63, 3.8) is 0 Å². The number of amides is 1. The fourth-order valence-electron chi connectivity index (χ4n) is 2.50. The van der Waals surface area contributed by atoms with Crippen LogP contribution in [0.4, 0.5) is 5.69 Å². The van der Waals surface area contributed by atoms with Crippen LogP contribution in [0.1, 0.15) is 12.3 Å². The van der Waals surface area contributed by atoms with E-state index in [1.807, 2.05) is 30.3 Å². The highest BCUT2D eigenvalue weighted by molar-refractivity contribution is 7.99. The number of carbonyl (C=O) groups is 1. The highest BCUT2D eigenvalue weighted by Gasteiger charge is 2.29. The molecular weight excluding hydrogens is 350 g/mol. The van der Waals surface area contributed by atoms with Crippen molar-refractivity contribution in [2.24, 2.45) is 5.92 Å². The van der Waals surface area contributed by atoms with Crippen LogP contribution >= 0.6 is 11.8 Å². The minimum Gasteiger partial charge on any atom is -0.416 e. The van der Waals surface area contributed by atoms with Crippen molar-refractivity contribution in [1.82, 2.24) is 10.2 Å². The average Bonchev–Trinajstić information content (AvgIpc) is 3.13. The van der Waals surface area contributed by atoms with Crippen LogP contribution in [-0.2, 0) is 21.1 Å². The van der Waals surface area contributed by atoms with Crippen LogP contribution < -0.4 is 5.32 Å². The lowest BCUT2D eigenvalue weighted by atomic mass is 10.1. The molecule has 1 fully saturated rings. The van der Waals surface area contributed by atoms with E-state index in [0.29, 0.717) is 24.0 Å². The normalized spacial score (nSPS) is 19.2. The third kappa shape index (κ3) is 4.81. The molecule has 1 aliphatic rings. The summed E-state index contributed by atoms with van der Waals surface area (Å²) in [5.74, 6) is 0.865. The Morgan fingerprint density at radius 1 is 1.29 bits per heavy atom. The molecule has 7 nitrogen and oxygen atoms in total. The van der Waals surface area contributed by atoms with Gasteiger partial charge in [0.25, 0.3) is 5.22 Å². The van der Waals surface area contributed by atoms with E-state index in [1.165, 1.54) is 0 Å². The summed E-state index contributed by atoms with van der Waals surface area (Å²) >= 11 is 1.16. The lowest BCUT2D eigenvalue weighted by Gasteiger charge is -2.03. The van der Waals surface area contributed by atoms with Crippen LogP contribution in [0.15, 0.2) is 40.0 Å². The second-order valence-corrected chi connectivity index (χ2v) is 8.79. The minimum absolute atomic E-state index is 0.0367. The Hall–Kier alpha value is -1.87. The molecule has 1 aliphatic heterocycles. The second-order valence-electron chi connectivity index (χ2n) is 5.64. The maximum absolute atomic E-state index is 11.9. The monoisotopic (exact) mass is 367 g/mol. The number of nitrogens with one attached hydrogen (secondary N) is 1. The first kappa shape index (κ1) is 17.0. The van der Waals surface area contributed by atoms with Crippen LogP contribution in [-0.4, -0.2) is 41.8 Å². The van der Waals surface area contributed by atoms with Crippen molar-refractivity contribution in [3.05, 3.63) is 36.2 Å². The van der Waals surface area contributed by atoms with Crippen LogP contribution in [0.25, 0.3) is 0 Å². The van der Waals surface area contributed by atoms with Gasteiger partial charge in [0.1, 0.15) is 0 Å². The lowest BCUT2D eigenvalue weighted by molar-refractivity contribution is -0.113. The molecule has 24 heavy (non-hydrogen) atoms. The number of benzene rings is 1. The van der Waals surface area contributed by atoms with Gasteiger partial charge in [-0.25, -0.2) is 8.42 Å². The van der Waals surface area contributed by atoms with Crippen LogP contribution in [0, 0.1) is 5.92 Å². The third-order valence-electron chi connectivity index (χ3n) is 3.62. The van der Waals surface area contributed by atoms with E-state index in [0.717, 1.165) is 17.4 Å². The van der Waals surface area contributed by atoms with Gasteiger partial charge in [-0.05, 0) is 24.5 Å². The van der Waals surface area contributed by atoms with Gasteiger partial charge in [0, 0.05) is 12.1 Å². The Kier molecular flexibility index (Phi) is 5.20. The standard InChI is InChI=1S/C15H17N3O4S2/c19-13(16-12-4-2-1-3-5-12)9-23-15-18-17-14(22-15)8-11-6-7-24(20,21)10-11/h1-5,11H,6-10H2,(H,16,19)/t11-/m1/s1. The zero-order valence-electron chi connectivity index (χ0n) is 12.8. The van der Waals surface area contributed by atoms with Gasteiger partial charge in [-0.3, -0.25) is 4.79 Å². The fourth-order valence-corrected chi connectivity index (χ4v) is 4.95. The predicted octanol–water partition coefficient (Wildman–Crippen LogP) is 1.78. The molecule has 1 atom stereocenters. The van der Waals surface area contributed by atoms with E-state index in [1.54, 1.807) is 0 Å². The predicted molar refractivity (Wildman–Crippen MR) is 90.6 cm³/mol. The molecule has 128 valence electrons. The van der Waals surface area contributed by atoms with E-state index in [-0.39, 0.29) is 29.1 Å². The van der Waals surface area contributed by atoms with E-state index in [2.05, 4.69) is 15.5 Å². The van der Waals surface area contributed by atoms with Crippen LogP contribution in [0.5, 0.6) is 0 Å². The number of hydrogen-bond donors (Lipinski definition) is 1. The first-order chi connectivity index (χ1) is 11.5. The number of aromatic nitrogens is 2. The second kappa shape index (κ2) is 7.35. The number of carbonyl (C=O) groups excluding carboxylic acids is 1. The molecule has 2 aromatic rings. The summed E-state index contributed by atoms with van der Waals surface area (Å²) in [6.45, 7) is 0. The van der Waals surface area contributed by atoms with Crippen molar-refractivity contribution in [2.75, 3.05) is 22.6 Å². The molecule has 1 aromatic carbocycles. The maximum Gasteiger partial charge on any atom is 0.277 e. The van der Waals surface area contributed by atoms with Crippen LogP contribution in [0.3, 0.4) is 0 Å². The van der Waals surface area contributed by atoms with Gasteiger partial charge < -0.3 is 9.73 Å². The number of thioether (sulfide) groups is 1. The smallest absolute Gasteiger partial charge is 0.277 e. The molecule has 3 rings (SSSR count). The van der Waals surface area contributed by atoms with Crippen molar-refractivity contribution in [3.8, 4) is 0 Å². The lowest BCUT2D eigenvalue weighted by Crippen LogP contribution is -2.13. The Morgan fingerprint density at radius 3 is 2.79 bits per heavy atom. The number of anilines is 1. The summed E-state index contributed by atoms with van der Waals surface area (Å²) in [6, 6.07) is 9.18. The molecule has 1 amide bonds. The topological polar surface area (TPSA) is 102 Å². The summed E-state index contributed by atoms with van der Waals surface area (Å²) in [7, 11) is -2.91. The van der Waals surface area contributed by atoms with Gasteiger partial charge >= 0.3 is 0 Å². The van der Waals surface area contributed by atoms with Crippen molar-refractivity contribution >= 4 is 33.2 Å². The largest absolute Gasteiger partial charge is 0.416 e. The zero-order chi connectivity index (χ0) is 17.0. The molecule has 0 bridgehead atoms. The zero-order valence-corrected chi connectivity index (χ0v) is 14.5. The maximum atomic E-state index is 11.9. The number of para-hydroxylation sites is 1. The molecular formula is C15H17N3O4S2. The number of rotatable bonds is 6. The first-order valence-corrected chi connectivity index (χ1v) is 10.3. The van der Waals surface area contributed by atoms with E-state index < -0.39 is 9.84 Å². The Labute approximate surface area is 144 Å². The summed E-state index contributed by atoms with van der Waals surface area (Å²) in [5.41, 5.74) is 0.733. The summed E-state index contributed by atoms with van der Waals surface area (Å²) in [6.07, 6.45) is 1.09. The Bertz CT molecular complexity index is 805. The average molecular weight is 367 g/mol. The van der Waals surface area contributed by atoms with Gasteiger partial charge in [-0.2, -0.15) is 0 Å².